The molecule has 5 N–H and O–H groups in total. The van der Waals surface area contributed by atoms with Gasteiger partial charge in [-0.2, -0.15) is 0 Å². The Bertz CT molecular complexity index is 1390. The monoisotopic (exact) mass is 947 g/mol. The third-order valence-corrected chi connectivity index (χ3v) is 10.6. The summed E-state index contributed by atoms with van der Waals surface area (Å²) in [6.45, 7) is 57.0. The van der Waals surface area contributed by atoms with E-state index in [1.807, 2.05) is 24.3 Å². The fraction of sp³-hybridized carbons (Fsp3) is 0.719. The zero-order chi connectivity index (χ0) is 50.4. The standard InChI is InChI=1S/C18H29N3.C10H20N2.2C10H24N2.C8H5NO.CH4/c1-4-13-21(14-5-2)15-7-6-12-20-16-17-8-10-18(19-3)11-9-17;1-4-8-12(9-5-2)10-6-7-11-3;2*1-3-8-12(9-4-2)10-6-5-7-11;1-9-8-4-2-7(6-10)3-5-8;/h8-11,20H,4-7,12-16H2,1-2H3;4-10H2,1-2H3;2*3-11H2,1-2H3;2-6H;1H4. The molecule has 0 aromatic heterocycles. The van der Waals surface area contributed by atoms with Crippen molar-refractivity contribution in [1.82, 2.24) is 24.9 Å². The van der Waals surface area contributed by atoms with Gasteiger partial charge in [-0.25, -0.2) is 16.3 Å². The van der Waals surface area contributed by atoms with Crippen LogP contribution < -0.4 is 16.8 Å². The quantitative estimate of drug-likeness (QED) is 0.0356. The number of carbonyl (C=O) groups excluding carboxylic acids is 1. The number of rotatable bonds is 35. The van der Waals surface area contributed by atoms with Gasteiger partial charge in [0.1, 0.15) is 6.29 Å². The molecule has 0 saturated carbocycles. The molecule has 0 aliphatic carbocycles. The van der Waals surface area contributed by atoms with E-state index in [0.717, 1.165) is 45.4 Å². The Balaban J connectivity index is -0.000000387. The number of hydrogen-bond donors (Lipinski definition) is 3. The molecule has 0 amide bonds. The van der Waals surface area contributed by atoms with Crippen molar-refractivity contribution in [2.24, 2.45) is 11.5 Å². The summed E-state index contributed by atoms with van der Waals surface area (Å²) < 4.78 is 0. The third-order valence-electron chi connectivity index (χ3n) is 10.6. The van der Waals surface area contributed by atoms with Crippen LogP contribution in [-0.4, -0.2) is 131 Å². The van der Waals surface area contributed by atoms with Crippen LogP contribution in [0, 0.1) is 19.7 Å². The highest BCUT2D eigenvalue weighted by Crippen LogP contribution is 2.13. The summed E-state index contributed by atoms with van der Waals surface area (Å²) in [6.07, 6.45) is 19.1. The molecular formula is C57H106N10O. The number of nitrogens with one attached hydrogen (secondary N) is 1. The zero-order valence-electron chi connectivity index (χ0n) is 44.5. The lowest BCUT2D eigenvalue weighted by atomic mass is 10.2. The first-order valence-electron chi connectivity index (χ1n) is 26.4. The maximum absolute atomic E-state index is 10.1. The minimum Gasteiger partial charge on any atom is -0.330 e. The molecule has 2 aromatic rings. The second-order valence-electron chi connectivity index (χ2n) is 17.1. The van der Waals surface area contributed by atoms with Crippen molar-refractivity contribution in [3.05, 3.63) is 93.9 Å². The van der Waals surface area contributed by atoms with Crippen molar-refractivity contribution in [2.45, 2.75) is 166 Å². The second kappa shape index (κ2) is 57.6. The average Bonchev–Trinajstić information content (AvgIpc) is 3.34. The highest BCUT2D eigenvalue weighted by molar-refractivity contribution is 5.75. The number of hydrogen-bond acceptors (Lipinski definition) is 8. The van der Waals surface area contributed by atoms with Gasteiger partial charge in [0.25, 0.3) is 0 Å². The van der Waals surface area contributed by atoms with E-state index in [9.17, 15) is 4.79 Å². The Hall–Kier alpha value is -3.70. The van der Waals surface area contributed by atoms with E-state index in [-0.39, 0.29) is 7.43 Å². The molecule has 2 aromatic carbocycles. The van der Waals surface area contributed by atoms with Crippen molar-refractivity contribution >= 4 is 17.7 Å². The van der Waals surface area contributed by atoms with Crippen LogP contribution in [0.15, 0.2) is 48.5 Å². The smallest absolute Gasteiger partial charge is 0.215 e. The van der Waals surface area contributed by atoms with Crippen LogP contribution in [-0.2, 0) is 6.54 Å². The van der Waals surface area contributed by atoms with E-state index in [1.165, 1.54) is 167 Å². The molecule has 2 rings (SSSR count). The van der Waals surface area contributed by atoms with Gasteiger partial charge in [-0.3, -0.25) is 4.79 Å². The molecule has 0 saturated heterocycles. The fourth-order valence-electron chi connectivity index (χ4n) is 7.34. The maximum atomic E-state index is 10.1. The lowest BCUT2D eigenvalue weighted by Gasteiger charge is -2.20. The van der Waals surface area contributed by atoms with Crippen LogP contribution >= 0.6 is 0 Å². The van der Waals surface area contributed by atoms with Gasteiger partial charge in [0.2, 0.25) is 6.54 Å². The van der Waals surface area contributed by atoms with Crippen LogP contribution in [0.25, 0.3) is 14.5 Å². The molecule has 11 heteroatoms. The maximum Gasteiger partial charge on any atom is 0.215 e. The van der Waals surface area contributed by atoms with Crippen LogP contribution in [0.3, 0.4) is 0 Å². The molecule has 0 heterocycles. The summed E-state index contributed by atoms with van der Waals surface area (Å²) in [4.78, 5) is 30.2. The van der Waals surface area contributed by atoms with Gasteiger partial charge in [0, 0.05) is 25.1 Å². The van der Waals surface area contributed by atoms with Gasteiger partial charge >= 0.3 is 0 Å². The molecule has 0 aliphatic heterocycles. The number of nitrogens with two attached hydrogens (primary N) is 2. The Morgan fingerprint density at radius 1 is 0.471 bits per heavy atom. The van der Waals surface area contributed by atoms with E-state index in [4.69, 9.17) is 31.2 Å². The molecule has 68 heavy (non-hydrogen) atoms. The Labute approximate surface area is 421 Å². The molecule has 0 fully saturated rings. The summed E-state index contributed by atoms with van der Waals surface area (Å²) in [5.41, 5.74) is 14.0. The van der Waals surface area contributed by atoms with E-state index in [2.05, 4.69) is 94.8 Å². The van der Waals surface area contributed by atoms with Gasteiger partial charge in [-0.1, -0.05) is 111 Å². The van der Waals surface area contributed by atoms with E-state index in [0.29, 0.717) is 23.5 Å². The normalized spacial score (nSPS) is 10.2. The van der Waals surface area contributed by atoms with Gasteiger partial charge in [0.15, 0.2) is 11.4 Å². The largest absolute Gasteiger partial charge is 0.330 e. The second-order valence-corrected chi connectivity index (χ2v) is 17.1. The molecule has 11 nitrogen and oxygen atoms in total. The minimum absolute atomic E-state index is 0. The number of unbranched alkanes of at least 4 members (excludes halogenated alkanes) is 3. The Morgan fingerprint density at radius 2 is 0.794 bits per heavy atom. The van der Waals surface area contributed by atoms with Gasteiger partial charge < -0.3 is 41.2 Å². The predicted octanol–water partition coefficient (Wildman–Crippen LogP) is 13.0. The first-order chi connectivity index (χ1) is 32.7. The van der Waals surface area contributed by atoms with E-state index in [1.54, 1.807) is 24.3 Å². The molecular weight excluding hydrogens is 841 g/mol. The van der Waals surface area contributed by atoms with Crippen LogP contribution in [0.5, 0.6) is 0 Å². The minimum atomic E-state index is 0. The molecule has 390 valence electrons. The lowest BCUT2D eigenvalue weighted by molar-refractivity contribution is 0.112. The third kappa shape index (κ3) is 47.4. The topological polar surface area (TPSA) is 107 Å². The zero-order valence-corrected chi connectivity index (χ0v) is 44.5. The van der Waals surface area contributed by atoms with Gasteiger partial charge in [-0.15, -0.1) is 0 Å². The number of nitrogens with zero attached hydrogens (tertiary/aromatic N) is 7. The highest BCUT2D eigenvalue weighted by Gasteiger charge is 2.04. The summed E-state index contributed by atoms with van der Waals surface area (Å²) >= 11 is 0. The number of aldehydes is 1. The highest BCUT2D eigenvalue weighted by atomic mass is 16.1. The van der Waals surface area contributed by atoms with Crippen LogP contribution in [0.1, 0.15) is 175 Å². The first kappa shape index (κ1) is 70.9. The van der Waals surface area contributed by atoms with Crippen molar-refractivity contribution < 1.29 is 4.79 Å². The van der Waals surface area contributed by atoms with Crippen molar-refractivity contribution in [1.29, 1.82) is 0 Å². The number of carbonyl (C=O) groups is 1. The summed E-state index contributed by atoms with van der Waals surface area (Å²) in [6, 6.07) is 14.3. The molecule has 0 atom stereocenters. The SMILES string of the molecule is C.CCCN(CCC)CCCCN.CCCN(CCC)CCCCN.[C-]#[N+]CCCN(CCC)CCC.[C-]#[N+]c1ccc(C=O)cc1.[C-]#[N+]c1ccc(CNCCCCN(CCC)CCC)cc1. The van der Waals surface area contributed by atoms with Crippen LogP contribution in [0.2, 0.25) is 0 Å². The molecule has 0 aliphatic rings. The molecule has 0 bridgehead atoms. The molecule has 0 spiro atoms. The van der Waals surface area contributed by atoms with Crippen LogP contribution in [0.4, 0.5) is 11.4 Å². The van der Waals surface area contributed by atoms with E-state index < -0.39 is 0 Å². The van der Waals surface area contributed by atoms with Crippen molar-refractivity contribution in [2.75, 3.05) is 105 Å². The summed E-state index contributed by atoms with van der Waals surface area (Å²) in [5.74, 6) is 0. The van der Waals surface area contributed by atoms with Gasteiger partial charge in [-0.05, 0) is 187 Å². The number of benzene rings is 2. The average molecular weight is 948 g/mol. The fourth-order valence-corrected chi connectivity index (χ4v) is 7.34. The Morgan fingerprint density at radius 3 is 1.09 bits per heavy atom. The summed E-state index contributed by atoms with van der Waals surface area (Å²) in [7, 11) is 0. The summed E-state index contributed by atoms with van der Waals surface area (Å²) in [5, 5.41) is 3.48. The first-order valence-corrected chi connectivity index (χ1v) is 26.4. The lowest BCUT2D eigenvalue weighted by Crippen LogP contribution is -2.27. The van der Waals surface area contributed by atoms with Gasteiger partial charge in [0.05, 0.1) is 13.1 Å². The molecule has 0 unspecified atom stereocenters. The Kier molecular flexibility index (Phi) is 60.0. The predicted molar refractivity (Wildman–Crippen MR) is 299 cm³/mol. The molecule has 0 radical (unpaired) electrons. The van der Waals surface area contributed by atoms with Crippen molar-refractivity contribution in [3.63, 3.8) is 0 Å². The van der Waals surface area contributed by atoms with E-state index >= 15 is 0 Å². The van der Waals surface area contributed by atoms with Crippen molar-refractivity contribution in [3.8, 4) is 0 Å².